The van der Waals surface area contributed by atoms with Crippen LogP contribution in [0, 0.1) is 18.7 Å². The first-order valence-electron chi connectivity index (χ1n) is 9.27. The summed E-state index contributed by atoms with van der Waals surface area (Å²) >= 11 is 0. The molecule has 28 heavy (non-hydrogen) atoms. The summed E-state index contributed by atoms with van der Waals surface area (Å²) in [6.07, 6.45) is 1.01. The van der Waals surface area contributed by atoms with Crippen molar-refractivity contribution in [1.82, 2.24) is 4.31 Å². The lowest BCUT2D eigenvalue weighted by Gasteiger charge is -2.32. The van der Waals surface area contributed by atoms with E-state index < -0.39 is 28.1 Å². The quantitative estimate of drug-likeness (QED) is 0.784. The van der Waals surface area contributed by atoms with E-state index in [2.05, 4.69) is 0 Å². The van der Waals surface area contributed by atoms with Gasteiger partial charge in [0.15, 0.2) is 0 Å². The van der Waals surface area contributed by atoms with Crippen molar-refractivity contribution in [1.29, 1.82) is 0 Å². The summed E-state index contributed by atoms with van der Waals surface area (Å²) in [4.78, 5) is 11.4. The monoisotopic (exact) mass is 405 g/mol. The molecule has 3 atom stereocenters. The summed E-state index contributed by atoms with van der Waals surface area (Å²) in [7, 11) is -3.85. The second-order valence-corrected chi connectivity index (χ2v) is 9.28. The molecule has 1 aliphatic rings. The molecule has 0 saturated carbocycles. The fraction of sp³-hybridized carbons (Fsp3) is 0.381. The van der Waals surface area contributed by atoms with Gasteiger partial charge in [0.05, 0.1) is 10.9 Å². The molecule has 1 aliphatic heterocycles. The third-order valence-corrected chi connectivity index (χ3v) is 7.32. The molecule has 0 aliphatic carbocycles. The number of nitrogens with zero attached hydrogens (tertiary/aromatic N) is 1. The molecule has 0 bridgehead atoms. The lowest BCUT2D eigenvalue weighted by Crippen LogP contribution is -2.41. The average molecular weight is 405 g/mol. The van der Waals surface area contributed by atoms with Crippen LogP contribution in [0.4, 0.5) is 4.39 Å². The molecular weight excluding hydrogens is 381 g/mol. The van der Waals surface area contributed by atoms with E-state index in [1.54, 1.807) is 43.3 Å². The van der Waals surface area contributed by atoms with E-state index in [4.69, 9.17) is 0 Å². The lowest BCUT2D eigenvalue weighted by atomic mass is 9.97. The van der Waals surface area contributed by atoms with Gasteiger partial charge in [-0.15, -0.1) is 0 Å². The van der Waals surface area contributed by atoms with Crippen molar-refractivity contribution in [3.63, 3.8) is 0 Å². The first-order chi connectivity index (χ1) is 13.2. The van der Waals surface area contributed by atoms with Crippen LogP contribution in [0.25, 0.3) is 0 Å². The number of hydrogen-bond acceptors (Lipinski definition) is 3. The van der Waals surface area contributed by atoms with Crippen LogP contribution < -0.4 is 0 Å². The maximum Gasteiger partial charge on any atom is 0.303 e. The summed E-state index contributed by atoms with van der Waals surface area (Å²) in [5, 5.41) is 9.18. The van der Waals surface area contributed by atoms with Crippen LogP contribution in [0.15, 0.2) is 53.4 Å². The molecule has 0 spiro atoms. The molecule has 5 nitrogen and oxygen atoms in total. The zero-order valence-corrected chi connectivity index (χ0v) is 16.7. The SMILES string of the molecule is Cc1ccc(S(=O)(=O)N2C(c3ccc(F)cc3)CCC2C(C)CC(=O)O)cc1. The van der Waals surface area contributed by atoms with Crippen molar-refractivity contribution < 1.29 is 22.7 Å². The van der Waals surface area contributed by atoms with Gasteiger partial charge >= 0.3 is 5.97 Å². The van der Waals surface area contributed by atoms with Crippen LogP contribution in [0.1, 0.15) is 43.4 Å². The van der Waals surface area contributed by atoms with E-state index in [9.17, 15) is 22.7 Å². The van der Waals surface area contributed by atoms with Crippen molar-refractivity contribution in [3.05, 3.63) is 65.5 Å². The minimum absolute atomic E-state index is 0.110. The number of hydrogen-bond donors (Lipinski definition) is 1. The summed E-state index contributed by atoms with van der Waals surface area (Å²) in [6.45, 7) is 3.65. The van der Waals surface area contributed by atoms with E-state index in [0.29, 0.717) is 18.4 Å². The van der Waals surface area contributed by atoms with Crippen LogP contribution in [0.3, 0.4) is 0 Å². The van der Waals surface area contributed by atoms with Crippen molar-refractivity contribution in [2.75, 3.05) is 0 Å². The lowest BCUT2D eigenvalue weighted by molar-refractivity contribution is -0.138. The van der Waals surface area contributed by atoms with Crippen molar-refractivity contribution >= 4 is 16.0 Å². The Morgan fingerprint density at radius 1 is 1.14 bits per heavy atom. The summed E-state index contributed by atoms with van der Waals surface area (Å²) < 4.78 is 41.8. The Kier molecular flexibility index (Phi) is 5.86. The van der Waals surface area contributed by atoms with Crippen LogP contribution in [-0.2, 0) is 14.8 Å². The fourth-order valence-corrected chi connectivity index (χ4v) is 5.89. The predicted octanol–water partition coefficient (Wildman–Crippen LogP) is 4.14. The molecule has 1 heterocycles. The highest BCUT2D eigenvalue weighted by atomic mass is 32.2. The van der Waals surface area contributed by atoms with Gasteiger partial charge in [-0.1, -0.05) is 36.8 Å². The highest BCUT2D eigenvalue weighted by Gasteiger charge is 2.45. The summed E-state index contributed by atoms with van der Waals surface area (Å²) in [5.74, 6) is -1.68. The molecule has 7 heteroatoms. The molecule has 0 radical (unpaired) electrons. The molecule has 3 rings (SSSR count). The first kappa shape index (κ1) is 20.5. The molecule has 1 saturated heterocycles. The number of halogens is 1. The van der Waals surface area contributed by atoms with E-state index in [1.807, 2.05) is 6.92 Å². The Morgan fingerprint density at radius 3 is 2.32 bits per heavy atom. The van der Waals surface area contributed by atoms with Gasteiger partial charge in [-0.05, 0) is 55.5 Å². The smallest absolute Gasteiger partial charge is 0.303 e. The zero-order chi connectivity index (χ0) is 20.5. The van der Waals surface area contributed by atoms with Crippen molar-refractivity contribution in [2.24, 2.45) is 5.92 Å². The zero-order valence-electron chi connectivity index (χ0n) is 15.9. The average Bonchev–Trinajstić information content (AvgIpc) is 3.08. The van der Waals surface area contributed by atoms with E-state index >= 15 is 0 Å². The Hall–Kier alpha value is -2.25. The van der Waals surface area contributed by atoms with Crippen molar-refractivity contribution in [2.45, 2.75) is 50.1 Å². The highest BCUT2D eigenvalue weighted by Crippen LogP contribution is 2.43. The maximum atomic E-state index is 13.5. The molecule has 1 fully saturated rings. The topological polar surface area (TPSA) is 74.7 Å². The van der Waals surface area contributed by atoms with E-state index in [-0.39, 0.29) is 23.1 Å². The molecular formula is C21H24FNO4S. The molecule has 3 unspecified atom stereocenters. The molecule has 0 amide bonds. The van der Waals surface area contributed by atoms with Gasteiger partial charge in [0.1, 0.15) is 5.82 Å². The number of aliphatic carboxylic acids is 1. The van der Waals surface area contributed by atoms with Gasteiger partial charge in [0, 0.05) is 12.5 Å². The third kappa shape index (κ3) is 4.10. The number of carbonyl (C=O) groups is 1. The minimum Gasteiger partial charge on any atom is -0.481 e. The second-order valence-electron chi connectivity index (χ2n) is 7.44. The first-order valence-corrected chi connectivity index (χ1v) is 10.7. The van der Waals surface area contributed by atoms with Crippen LogP contribution >= 0.6 is 0 Å². The van der Waals surface area contributed by atoms with E-state index in [0.717, 1.165) is 5.56 Å². The number of benzene rings is 2. The van der Waals surface area contributed by atoms with Gasteiger partial charge in [0.2, 0.25) is 10.0 Å². The number of carboxylic acids is 1. The number of aryl methyl sites for hydroxylation is 1. The van der Waals surface area contributed by atoms with E-state index in [1.165, 1.54) is 16.4 Å². The third-order valence-electron chi connectivity index (χ3n) is 5.37. The Morgan fingerprint density at radius 2 is 1.75 bits per heavy atom. The normalized spacial score (nSPS) is 21.5. The van der Waals surface area contributed by atoms with Gasteiger partial charge in [-0.25, -0.2) is 12.8 Å². The highest BCUT2D eigenvalue weighted by molar-refractivity contribution is 7.89. The number of rotatable bonds is 6. The molecule has 0 aromatic heterocycles. The Bertz CT molecular complexity index is 941. The standard InChI is InChI=1S/C21H24FNO4S/c1-14-3-9-18(10-4-14)28(26,27)23-19(15(2)13-21(24)25)11-12-20(23)16-5-7-17(22)8-6-16/h3-10,15,19-20H,11-13H2,1-2H3,(H,24,25). The Labute approximate surface area is 164 Å². The second kappa shape index (κ2) is 8.01. The van der Waals surface area contributed by atoms with Gasteiger partial charge in [-0.2, -0.15) is 4.31 Å². The van der Waals surface area contributed by atoms with Gasteiger partial charge in [-0.3, -0.25) is 4.79 Å². The van der Waals surface area contributed by atoms with Crippen LogP contribution in [0.2, 0.25) is 0 Å². The molecule has 2 aromatic rings. The number of carboxylic acid groups (broad SMARTS) is 1. The van der Waals surface area contributed by atoms with Gasteiger partial charge in [0.25, 0.3) is 0 Å². The molecule has 1 N–H and O–H groups in total. The Balaban J connectivity index is 2.04. The van der Waals surface area contributed by atoms with Gasteiger partial charge < -0.3 is 5.11 Å². The maximum absolute atomic E-state index is 13.5. The minimum atomic E-state index is -3.85. The fourth-order valence-electron chi connectivity index (χ4n) is 3.94. The van der Waals surface area contributed by atoms with Crippen molar-refractivity contribution in [3.8, 4) is 0 Å². The largest absolute Gasteiger partial charge is 0.481 e. The van der Waals surface area contributed by atoms with Crippen LogP contribution in [0.5, 0.6) is 0 Å². The van der Waals surface area contributed by atoms with Crippen LogP contribution in [-0.4, -0.2) is 29.8 Å². The number of sulfonamides is 1. The molecule has 2 aromatic carbocycles. The predicted molar refractivity (Wildman–Crippen MR) is 104 cm³/mol. The molecule has 150 valence electrons. The summed E-state index contributed by atoms with van der Waals surface area (Å²) in [5.41, 5.74) is 1.66. The summed E-state index contributed by atoms with van der Waals surface area (Å²) in [6, 6.07) is 11.6.